The molecule has 80 valence electrons. The van der Waals surface area contributed by atoms with E-state index < -0.39 is 23.6 Å². The minimum absolute atomic E-state index is 0.210. The number of nitrogens with one attached hydrogen (secondary N) is 2. The molecule has 0 bridgehead atoms. The van der Waals surface area contributed by atoms with Crippen molar-refractivity contribution in [3.05, 3.63) is 23.5 Å². The van der Waals surface area contributed by atoms with Crippen LogP contribution in [0.1, 0.15) is 0 Å². The summed E-state index contributed by atoms with van der Waals surface area (Å²) in [6.07, 6.45) is 1.89. The summed E-state index contributed by atoms with van der Waals surface area (Å²) in [6.45, 7) is 0. The predicted molar refractivity (Wildman–Crippen MR) is 47.3 cm³/mol. The molecule has 2 aliphatic rings. The summed E-state index contributed by atoms with van der Waals surface area (Å²) in [4.78, 5) is 43.4. The van der Waals surface area contributed by atoms with Gasteiger partial charge in [0, 0.05) is 12.2 Å². The quantitative estimate of drug-likeness (QED) is 0.435. The summed E-state index contributed by atoms with van der Waals surface area (Å²) in [5, 5.41) is 10.7. The van der Waals surface area contributed by atoms with E-state index in [2.05, 4.69) is 10.2 Å². The van der Waals surface area contributed by atoms with Crippen molar-refractivity contribution in [1.82, 2.24) is 10.6 Å². The SMILES string of the molecule is O=C1C=C(N=NC2=CC(=O)NC2=O)C(=O)N1. The molecule has 0 saturated heterocycles. The van der Waals surface area contributed by atoms with E-state index in [-0.39, 0.29) is 11.4 Å². The number of hydrogen-bond donors (Lipinski definition) is 2. The smallest absolute Gasteiger partial charge is 0.278 e. The first kappa shape index (κ1) is 9.90. The molecule has 0 aromatic heterocycles. The molecule has 2 N–H and O–H groups in total. The third-order valence-electron chi connectivity index (χ3n) is 1.74. The van der Waals surface area contributed by atoms with Gasteiger partial charge in [0.05, 0.1) is 0 Å². The van der Waals surface area contributed by atoms with Gasteiger partial charge in [-0.3, -0.25) is 29.8 Å². The van der Waals surface area contributed by atoms with Gasteiger partial charge in [0.25, 0.3) is 23.6 Å². The van der Waals surface area contributed by atoms with Gasteiger partial charge in [-0.15, -0.1) is 10.2 Å². The molecule has 0 saturated carbocycles. The number of imide groups is 2. The van der Waals surface area contributed by atoms with Crippen LogP contribution in [-0.2, 0) is 19.2 Å². The van der Waals surface area contributed by atoms with E-state index >= 15 is 0 Å². The lowest BCUT2D eigenvalue weighted by molar-refractivity contribution is -0.125. The van der Waals surface area contributed by atoms with Crippen molar-refractivity contribution < 1.29 is 19.2 Å². The summed E-state index contributed by atoms with van der Waals surface area (Å²) in [5.74, 6) is -2.59. The summed E-state index contributed by atoms with van der Waals surface area (Å²) in [7, 11) is 0. The van der Waals surface area contributed by atoms with Crippen LogP contribution in [0.4, 0.5) is 0 Å². The molecule has 2 rings (SSSR count). The zero-order valence-corrected chi connectivity index (χ0v) is 7.68. The molecule has 0 atom stereocenters. The number of carbonyl (C=O) groups excluding carboxylic acids is 4. The highest BCUT2D eigenvalue weighted by molar-refractivity contribution is 6.17. The molecule has 16 heavy (non-hydrogen) atoms. The van der Waals surface area contributed by atoms with Crippen molar-refractivity contribution in [3.8, 4) is 0 Å². The highest BCUT2D eigenvalue weighted by Gasteiger charge is 2.23. The Bertz CT molecular complexity index is 468. The second-order valence-corrected chi connectivity index (χ2v) is 2.90. The van der Waals surface area contributed by atoms with Crippen LogP contribution in [0.3, 0.4) is 0 Å². The van der Waals surface area contributed by atoms with E-state index in [9.17, 15) is 19.2 Å². The summed E-state index contributed by atoms with van der Waals surface area (Å²) in [6, 6.07) is 0. The fourth-order valence-corrected chi connectivity index (χ4v) is 1.06. The second-order valence-electron chi connectivity index (χ2n) is 2.90. The van der Waals surface area contributed by atoms with Crippen LogP contribution in [0.15, 0.2) is 33.8 Å². The molecule has 4 amide bonds. The van der Waals surface area contributed by atoms with Gasteiger partial charge in [0.1, 0.15) is 0 Å². The Hall–Kier alpha value is -2.64. The van der Waals surface area contributed by atoms with E-state index in [1.54, 1.807) is 0 Å². The molecule has 0 radical (unpaired) electrons. The van der Waals surface area contributed by atoms with Crippen LogP contribution in [0.2, 0.25) is 0 Å². The van der Waals surface area contributed by atoms with Gasteiger partial charge in [0.15, 0.2) is 11.4 Å². The second kappa shape index (κ2) is 3.50. The maximum absolute atomic E-state index is 11.0. The number of amides is 4. The summed E-state index contributed by atoms with van der Waals surface area (Å²) < 4.78 is 0. The highest BCUT2D eigenvalue weighted by Crippen LogP contribution is 2.09. The van der Waals surface area contributed by atoms with Gasteiger partial charge in [-0.25, -0.2) is 0 Å². The molecule has 8 heteroatoms. The molecule has 0 spiro atoms. The van der Waals surface area contributed by atoms with Gasteiger partial charge in [-0.2, -0.15) is 0 Å². The molecule has 8 nitrogen and oxygen atoms in total. The van der Waals surface area contributed by atoms with Gasteiger partial charge in [-0.05, 0) is 0 Å². The summed E-state index contributed by atoms with van der Waals surface area (Å²) >= 11 is 0. The molecule has 2 aliphatic heterocycles. The molecular formula is C8H4N4O4. The Morgan fingerprint density at radius 3 is 1.38 bits per heavy atom. The fourth-order valence-electron chi connectivity index (χ4n) is 1.06. The van der Waals surface area contributed by atoms with Gasteiger partial charge in [-0.1, -0.05) is 0 Å². The monoisotopic (exact) mass is 220 g/mol. The molecular weight excluding hydrogens is 216 g/mol. The number of azo groups is 1. The van der Waals surface area contributed by atoms with Crippen LogP contribution in [0.5, 0.6) is 0 Å². The fraction of sp³-hybridized carbons (Fsp3) is 0. The maximum Gasteiger partial charge on any atom is 0.278 e. The van der Waals surface area contributed by atoms with Crippen molar-refractivity contribution in [2.24, 2.45) is 10.2 Å². The van der Waals surface area contributed by atoms with Gasteiger partial charge >= 0.3 is 0 Å². The first-order valence-electron chi connectivity index (χ1n) is 4.12. The van der Waals surface area contributed by atoms with Crippen molar-refractivity contribution in [2.75, 3.05) is 0 Å². The maximum atomic E-state index is 11.0. The Morgan fingerprint density at radius 2 is 1.12 bits per heavy atom. The van der Waals surface area contributed by atoms with Gasteiger partial charge in [0.2, 0.25) is 0 Å². The third kappa shape index (κ3) is 1.75. The molecule has 2 heterocycles. The molecule has 0 fully saturated rings. The lowest BCUT2D eigenvalue weighted by atomic mass is 10.4. The first-order valence-corrected chi connectivity index (χ1v) is 4.12. The minimum atomic E-state index is -0.695. The lowest BCUT2D eigenvalue weighted by Gasteiger charge is -1.90. The number of rotatable bonds is 2. The number of nitrogens with zero attached hydrogens (tertiary/aromatic N) is 2. The Labute approximate surface area is 88.1 Å². The van der Waals surface area contributed by atoms with E-state index in [4.69, 9.17) is 0 Å². The first-order chi connectivity index (χ1) is 7.56. The Balaban J connectivity index is 2.17. The van der Waals surface area contributed by atoms with Gasteiger partial charge < -0.3 is 0 Å². The van der Waals surface area contributed by atoms with E-state index in [1.807, 2.05) is 10.6 Å². The predicted octanol–water partition coefficient (Wildman–Crippen LogP) is -1.48. The Morgan fingerprint density at radius 1 is 0.750 bits per heavy atom. The zero-order chi connectivity index (χ0) is 11.7. The molecule has 0 aromatic rings. The molecule has 0 aromatic carbocycles. The van der Waals surface area contributed by atoms with Crippen molar-refractivity contribution in [3.63, 3.8) is 0 Å². The Kier molecular flexibility index (Phi) is 2.16. The molecule has 0 unspecified atom stereocenters. The summed E-state index contributed by atoms with van der Waals surface area (Å²) in [5.41, 5.74) is -0.420. The highest BCUT2D eigenvalue weighted by atomic mass is 16.2. The van der Waals surface area contributed by atoms with Crippen LogP contribution >= 0.6 is 0 Å². The van der Waals surface area contributed by atoms with E-state index in [0.717, 1.165) is 12.2 Å². The largest absolute Gasteiger partial charge is 0.287 e. The number of hydrogen-bond acceptors (Lipinski definition) is 6. The van der Waals surface area contributed by atoms with Crippen molar-refractivity contribution in [2.45, 2.75) is 0 Å². The normalized spacial score (nSPS) is 20.0. The van der Waals surface area contributed by atoms with Crippen LogP contribution < -0.4 is 10.6 Å². The standard InChI is InChI=1S/C8H4N4O4/c13-5-1-3(7(15)9-5)11-12-4-2-6(14)10-8(4)16/h1-2H,(H,9,13,15)(H,10,14,16). The van der Waals surface area contributed by atoms with Crippen LogP contribution in [0.25, 0.3) is 0 Å². The average molecular weight is 220 g/mol. The average Bonchev–Trinajstić information content (AvgIpc) is 2.66. The molecule has 0 aliphatic carbocycles. The minimum Gasteiger partial charge on any atom is -0.287 e. The van der Waals surface area contributed by atoms with Crippen LogP contribution in [-0.4, -0.2) is 23.6 Å². The van der Waals surface area contributed by atoms with Crippen LogP contribution in [0, 0.1) is 0 Å². The van der Waals surface area contributed by atoms with E-state index in [0.29, 0.717) is 0 Å². The van der Waals surface area contributed by atoms with E-state index in [1.165, 1.54) is 0 Å². The zero-order valence-electron chi connectivity index (χ0n) is 7.68. The van der Waals surface area contributed by atoms with Crippen molar-refractivity contribution in [1.29, 1.82) is 0 Å². The number of carbonyl (C=O) groups is 4. The lowest BCUT2D eigenvalue weighted by Crippen LogP contribution is -2.22. The third-order valence-corrected chi connectivity index (χ3v) is 1.74. The topological polar surface area (TPSA) is 117 Å². The van der Waals surface area contributed by atoms with Crippen molar-refractivity contribution >= 4 is 23.6 Å².